The standard InChI is InChI=1S/C19H25ClF3N5O.HI/c1-3-24-17(26-9-7-14-5-4-6-15(20)13-14)27-10-8-18(29,19(21,22)23)16-25-11-12-28(16)2;/h4-6,11-13,29H,3,7-10H2,1-2H3,(H2,24,26,27);1H. The number of halogens is 5. The minimum atomic E-state index is -4.88. The van der Waals surface area contributed by atoms with E-state index in [-0.39, 0.29) is 30.5 Å². The van der Waals surface area contributed by atoms with Crippen molar-refractivity contribution < 1.29 is 18.3 Å². The Morgan fingerprint density at radius 1 is 1.30 bits per heavy atom. The van der Waals surface area contributed by atoms with Gasteiger partial charge in [0, 0.05) is 50.5 Å². The topological polar surface area (TPSA) is 74.5 Å². The number of nitrogens with one attached hydrogen (secondary N) is 2. The number of aliphatic imine (C=N–C) groups is 1. The van der Waals surface area contributed by atoms with Crippen molar-refractivity contribution in [1.82, 2.24) is 20.2 Å². The molecule has 1 heterocycles. The van der Waals surface area contributed by atoms with Gasteiger partial charge in [-0.25, -0.2) is 4.98 Å². The van der Waals surface area contributed by atoms with E-state index in [1.54, 1.807) is 6.07 Å². The van der Waals surface area contributed by atoms with E-state index in [9.17, 15) is 18.3 Å². The molecule has 30 heavy (non-hydrogen) atoms. The number of imidazole rings is 1. The summed E-state index contributed by atoms with van der Waals surface area (Å²) in [6.07, 6.45) is -2.27. The van der Waals surface area contributed by atoms with Crippen LogP contribution in [0.15, 0.2) is 41.7 Å². The molecule has 1 aromatic heterocycles. The number of aryl methyl sites for hydroxylation is 1. The van der Waals surface area contributed by atoms with Crippen LogP contribution in [0.1, 0.15) is 24.7 Å². The molecule has 0 aliphatic heterocycles. The number of hydrogen-bond acceptors (Lipinski definition) is 3. The zero-order valence-corrected chi connectivity index (χ0v) is 19.8. The monoisotopic (exact) mass is 559 g/mol. The van der Waals surface area contributed by atoms with Crippen LogP contribution in [0, 0.1) is 0 Å². The molecule has 1 aromatic carbocycles. The third kappa shape index (κ3) is 7.02. The number of hydrogen-bond donors (Lipinski definition) is 3. The summed E-state index contributed by atoms with van der Waals surface area (Å²) in [7, 11) is 1.41. The molecule has 3 N–H and O–H groups in total. The summed E-state index contributed by atoms with van der Waals surface area (Å²) < 4.78 is 41.8. The van der Waals surface area contributed by atoms with E-state index in [1.807, 2.05) is 25.1 Å². The van der Waals surface area contributed by atoms with E-state index in [0.717, 1.165) is 10.1 Å². The molecule has 0 fully saturated rings. The van der Waals surface area contributed by atoms with Crippen LogP contribution < -0.4 is 10.6 Å². The van der Waals surface area contributed by atoms with Gasteiger partial charge in [0.25, 0.3) is 0 Å². The number of benzene rings is 1. The Balaban J connectivity index is 0.00000450. The predicted molar refractivity (Wildman–Crippen MR) is 122 cm³/mol. The molecule has 0 amide bonds. The SMILES string of the molecule is CCNC(=NCCC(O)(c1nccn1C)C(F)(F)F)NCCc1cccc(Cl)c1.I. The second kappa shape index (κ2) is 11.8. The van der Waals surface area contributed by atoms with Crippen molar-refractivity contribution >= 4 is 41.5 Å². The minimum absolute atomic E-state index is 0. The van der Waals surface area contributed by atoms with Gasteiger partial charge < -0.3 is 20.3 Å². The van der Waals surface area contributed by atoms with Gasteiger partial charge in [-0.15, -0.1) is 24.0 Å². The van der Waals surface area contributed by atoms with Crippen LogP contribution in [0.2, 0.25) is 5.02 Å². The molecule has 0 spiro atoms. The van der Waals surface area contributed by atoms with Crippen molar-refractivity contribution in [2.75, 3.05) is 19.6 Å². The third-order valence-corrected chi connectivity index (χ3v) is 4.58. The van der Waals surface area contributed by atoms with Crippen molar-refractivity contribution in [2.24, 2.45) is 12.0 Å². The first kappa shape index (κ1) is 26.5. The first-order valence-corrected chi connectivity index (χ1v) is 9.58. The molecule has 0 aliphatic rings. The quantitative estimate of drug-likeness (QED) is 0.262. The Morgan fingerprint density at radius 3 is 2.60 bits per heavy atom. The van der Waals surface area contributed by atoms with Gasteiger partial charge in [-0.1, -0.05) is 23.7 Å². The highest BCUT2D eigenvalue weighted by Gasteiger charge is 2.57. The Hall–Kier alpha value is -1.53. The van der Waals surface area contributed by atoms with Gasteiger partial charge in [-0.3, -0.25) is 4.99 Å². The van der Waals surface area contributed by atoms with E-state index < -0.39 is 24.0 Å². The highest BCUT2D eigenvalue weighted by molar-refractivity contribution is 14.0. The summed E-state index contributed by atoms with van der Waals surface area (Å²) in [6.45, 7) is 2.68. The van der Waals surface area contributed by atoms with Crippen molar-refractivity contribution in [2.45, 2.75) is 31.5 Å². The Labute approximate surface area is 196 Å². The second-order valence-corrected chi connectivity index (χ2v) is 6.97. The van der Waals surface area contributed by atoms with Crippen LogP contribution in [0.3, 0.4) is 0 Å². The first-order valence-electron chi connectivity index (χ1n) is 9.21. The van der Waals surface area contributed by atoms with E-state index in [0.29, 0.717) is 30.5 Å². The maximum absolute atomic E-state index is 13.5. The van der Waals surface area contributed by atoms with Gasteiger partial charge in [0.05, 0.1) is 0 Å². The summed E-state index contributed by atoms with van der Waals surface area (Å²) in [5.41, 5.74) is -2.05. The van der Waals surface area contributed by atoms with E-state index in [1.165, 1.54) is 19.4 Å². The molecular weight excluding hydrogens is 534 g/mol. The van der Waals surface area contributed by atoms with Gasteiger partial charge >= 0.3 is 6.18 Å². The highest BCUT2D eigenvalue weighted by atomic mass is 127. The van der Waals surface area contributed by atoms with Crippen LogP contribution in [0.5, 0.6) is 0 Å². The molecule has 1 atom stereocenters. The summed E-state index contributed by atoms with van der Waals surface area (Å²) in [5.74, 6) is -0.0852. The number of aliphatic hydroxyl groups is 1. The molecule has 0 bridgehead atoms. The lowest BCUT2D eigenvalue weighted by atomic mass is 9.98. The summed E-state index contributed by atoms with van der Waals surface area (Å²) in [6, 6.07) is 7.43. The highest BCUT2D eigenvalue weighted by Crippen LogP contribution is 2.40. The molecule has 168 valence electrons. The van der Waals surface area contributed by atoms with Gasteiger partial charge in [0.2, 0.25) is 5.60 Å². The maximum Gasteiger partial charge on any atom is 0.424 e. The molecule has 0 saturated carbocycles. The van der Waals surface area contributed by atoms with Crippen LogP contribution in [-0.2, 0) is 19.1 Å². The van der Waals surface area contributed by atoms with Gasteiger partial charge in [-0.05, 0) is 31.0 Å². The van der Waals surface area contributed by atoms with Crippen molar-refractivity contribution in [1.29, 1.82) is 0 Å². The van der Waals surface area contributed by atoms with Gasteiger partial charge in [-0.2, -0.15) is 13.2 Å². The molecule has 2 aromatic rings. The fraction of sp³-hybridized carbons (Fsp3) is 0.474. The summed E-state index contributed by atoms with van der Waals surface area (Å²) in [4.78, 5) is 7.85. The minimum Gasteiger partial charge on any atom is -0.374 e. The zero-order chi connectivity index (χ0) is 21.5. The van der Waals surface area contributed by atoms with Crippen molar-refractivity contribution in [3.8, 4) is 0 Å². The molecule has 0 saturated heterocycles. The largest absolute Gasteiger partial charge is 0.424 e. The average molecular weight is 560 g/mol. The summed E-state index contributed by atoms with van der Waals surface area (Å²) in [5, 5.41) is 17.0. The zero-order valence-electron chi connectivity index (χ0n) is 16.7. The average Bonchev–Trinajstić information content (AvgIpc) is 3.07. The first-order chi connectivity index (χ1) is 13.7. The molecule has 11 heteroatoms. The fourth-order valence-electron chi connectivity index (χ4n) is 2.83. The molecule has 0 radical (unpaired) electrons. The number of aromatic nitrogens is 2. The molecule has 1 unspecified atom stereocenters. The third-order valence-electron chi connectivity index (χ3n) is 4.34. The Bertz CT molecular complexity index is 830. The fourth-order valence-corrected chi connectivity index (χ4v) is 3.05. The lowest BCUT2D eigenvalue weighted by molar-refractivity contribution is -0.272. The van der Waals surface area contributed by atoms with Crippen LogP contribution in [0.4, 0.5) is 13.2 Å². The Kier molecular flexibility index (Phi) is 10.4. The van der Waals surface area contributed by atoms with Crippen LogP contribution in [-0.4, -0.2) is 46.4 Å². The summed E-state index contributed by atoms with van der Waals surface area (Å²) >= 11 is 5.96. The maximum atomic E-state index is 13.5. The molecule has 2 rings (SSSR count). The lowest BCUT2D eigenvalue weighted by Gasteiger charge is -2.29. The number of rotatable bonds is 8. The van der Waals surface area contributed by atoms with Crippen LogP contribution in [0.25, 0.3) is 0 Å². The number of nitrogens with zero attached hydrogens (tertiary/aromatic N) is 3. The molecular formula is C19H26ClF3IN5O. The van der Waals surface area contributed by atoms with Crippen molar-refractivity contribution in [3.05, 3.63) is 53.1 Å². The smallest absolute Gasteiger partial charge is 0.374 e. The normalized spacial score (nSPS) is 14.0. The van der Waals surface area contributed by atoms with Gasteiger partial charge in [0.15, 0.2) is 5.96 Å². The predicted octanol–water partition coefficient (Wildman–Crippen LogP) is 3.63. The van der Waals surface area contributed by atoms with Crippen LogP contribution >= 0.6 is 35.6 Å². The van der Waals surface area contributed by atoms with E-state index >= 15 is 0 Å². The number of alkyl halides is 3. The second-order valence-electron chi connectivity index (χ2n) is 6.54. The van der Waals surface area contributed by atoms with E-state index in [2.05, 4.69) is 20.6 Å². The van der Waals surface area contributed by atoms with E-state index in [4.69, 9.17) is 11.6 Å². The van der Waals surface area contributed by atoms with Gasteiger partial charge in [0.1, 0.15) is 5.82 Å². The van der Waals surface area contributed by atoms with Crippen molar-refractivity contribution in [3.63, 3.8) is 0 Å². The lowest BCUT2D eigenvalue weighted by Crippen LogP contribution is -2.45. The Morgan fingerprint density at radius 2 is 2.03 bits per heavy atom. The number of guanidine groups is 1. The molecule has 0 aliphatic carbocycles. The molecule has 6 nitrogen and oxygen atoms in total.